The molecule has 2 aromatic heterocycles. The first kappa shape index (κ1) is 31.9. The minimum absolute atomic E-state index is 0.161. The van der Waals surface area contributed by atoms with Gasteiger partial charge in [-0.25, -0.2) is 4.98 Å². The van der Waals surface area contributed by atoms with Crippen LogP contribution in [-0.4, -0.2) is 64.1 Å². The maximum absolute atomic E-state index is 13.8. The molecule has 2 N–H and O–H groups in total. The van der Waals surface area contributed by atoms with Crippen molar-refractivity contribution in [2.75, 3.05) is 25.0 Å². The third kappa shape index (κ3) is 7.78. The molecule has 0 aliphatic carbocycles. The Balaban J connectivity index is 1.35. The van der Waals surface area contributed by atoms with Gasteiger partial charge in [-0.15, -0.1) is 0 Å². The topological polar surface area (TPSA) is 112 Å². The number of amides is 2. The quantitative estimate of drug-likeness (QED) is 0.227. The van der Waals surface area contributed by atoms with Gasteiger partial charge in [0.05, 0.1) is 29.7 Å². The fraction of sp³-hybridized carbons (Fsp3) is 0.389. The molecule has 45 heavy (non-hydrogen) atoms. The zero-order valence-corrected chi connectivity index (χ0v) is 26.7. The Hall–Kier alpha value is -4.50. The number of carbonyl (C=O) groups excluding carboxylic acids is 2. The molecule has 236 valence electrons. The molecule has 4 aromatic rings. The smallest absolute Gasteiger partial charge is 0.254 e. The van der Waals surface area contributed by atoms with Crippen LogP contribution in [0.1, 0.15) is 87.6 Å². The normalized spacial score (nSPS) is 16.1. The summed E-state index contributed by atoms with van der Waals surface area (Å²) in [5, 5.41) is 14.6. The van der Waals surface area contributed by atoms with Crippen molar-refractivity contribution in [2.24, 2.45) is 0 Å². The largest absolute Gasteiger partial charge is 0.446 e. The molecule has 1 aliphatic rings. The first-order valence-corrected chi connectivity index (χ1v) is 15.6. The van der Waals surface area contributed by atoms with Crippen molar-refractivity contribution in [2.45, 2.75) is 71.1 Å². The predicted octanol–water partition coefficient (Wildman–Crippen LogP) is 5.63. The van der Waals surface area contributed by atoms with Gasteiger partial charge in [-0.1, -0.05) is 44.2 Å². The lowest BCUT2D eigenvalue weighted by Crippen LogP contribution is -2.49. The molecule has 3 atom stereocenters. The zero-order valence-electron chi connectivity index (χ0n) is 26.7. The molecule has 0 unspecified atom stereocenters. The number of aromatic nitrogens is 2. The minimum Gasteiger partial charge on any atom is -0.446 e. The number of aryl methyl sites for hydroxylation is 2. The number of nitrogens with one attached hydrogen (secondary N) is 1. The number of pyridine rings is 1. The molecule has 0 radical (unpaired) electrons. The van der Waals surface area contributed by atoms with Crippen LogP contribution >= 0.6 is 0 Å². The van der Waals surface area contributed by atoms with E-state index in [0.717, 1.165) is 40.9 Å². The first-order valence-electron chi connectivity index (χ1n) is 15.6. The number of rotatable bonds is 11. The van der Waals surface area contributed by atoms with Gasteiger partial charge in [0.15, 0.2) is 0 Å². The van der Waals surface area contributed by atoms with Gasteiger partial charge in [-0.3, -0.25) is 14.6 Å². The summed E-state index contributed by atoms with van der Waals surface area (Å²) >= 11 is 0. The van der Waals surface area contributed by atoms with E-state index in [1.165, 1.54) is 0 Å². The number of benzene rings is 2. The summed E-state index contributed by atoms with van der Waals surface area (Å²) in [6, 6.07) is 16.3. The van der Waals surface area contributed by atoms with Crippen LogP contribution in [0.5, 0.6) is 0 Å². The SMILES string of the molecule is Cc1cc(C(=O)N[C@@H](Cc2ccccc2)[C@H](O)CN(C)c2cncc(C(C)C)c2)cc(C(=O)N2CCC[C@@H]2c2nc(C)co2)c1. The van der Waals surface area contributed by atoms with Crippen LogP contribution < -0.4 is 10.2 Å². The van der Waals surface area contributed by atoms with Gasteiger partial charge in [0.1, 0.15) is 12.3 Å². The van der Waals surface area contributed by atoms with E-state index < -0.39 is 12.1 Å². The van der Waals surface area contributed by atoms with Gasteiger partial charge < -0.3 is 24.6 Å². The summed E-state index contributed by atoms with van der Waals surface area (Å²) in [6.07, 6.45) is 6.41. The van der Waals surface area contributed by atoms with E-state index in [2.05, 4.69) is 35.2 Å². The van der Waals surface area contributed by atoms with E-state index in [0.29, 0.717) is 35.9 Å². The van der Waals surface area contributed by atoms with Crippen LogP contribution in [0, 0.1) is 13.8 Å². The van der Waals surface area contributed by atoms with Crippen LogP contribution in [0.4, 0.5) is 5.69 Å². The average molecular weight is 610 g/mol. The maximum Gasteiger partial charge on any atom is 0.254 e. The second-order valence-corrected chi connectivity index (χ2v) is 12.4. The lowest BCUT2D eigenvalue weighted by Gasteiger charge is -2.29. The molecule has 0 bridgehead atoms. The summed E-state index contributed by atoms with van der Waals surface area (Å²) in [5.74, 6) is 0.360. The number of hydrogen-bond acceptors (Lipinski definition) is 7. The summed E-state index contributed by atoms with van der Waals surface area (Å²) in [4.78, 5) is 40.1. The van der Waals surface area contributed by atoms with E-state index in [-0.39, 0.29) is 24.4 Å². The van der Waals surface area contributed by atoms with Gasteiger partial charge >= 0.3 is 0 Å². The fourth-order valence-corrected chi connectivity index (χ4v) is 5.88. The third-order valence-corrected chi connectivity index (χ3v) is 8.41. The molecular formula is C36H43N5O4. The molecule has 9 nitrogen and oxygen atoms in total. The highest BCUT2D eigenvalue weighted by Crippen LogP contribution is 2.33. The standard InChI is InChI=1S/C36H43N5O4/c1-23(2)29-18-30(20-37-19-29)40(5)21-33(42)31(16-26-10-7-6-8-11-26)39-34(43)27-14-24(3)15-28(17-27)36(44)41-13-9-12-32(41)35-38-25(4)22-45-35/h6-8,10-11,14-15,17-20,22-23,31-33,42H,9,12-13,16,21H2,1-5H3,(H,39,43)/t31-,32+,33+/m0/s1. The van der Waals surface area contributed by atoms with E-state index in [1.807, 2.05) is 62.3 Å². The number of likely N-dealkylation sites (N-methyl/N-ethyl adjacent to an activating group) is 1. The second-order valence-electron chi connectivity index (χ2n) is 12.4. The van der Waals surface area contributed by atoms with Crippen molar-refractivity contribution in [1.82, 2.24) is 20.2 Å². The van der Waals surface area contributed by atoms with Crippen LogP contribution in [0.3, 0.4) is 0 Å². The monoisotopic (exact) mass is 609 g/mol. The summed E-state index contributed by atoms with van der Waals surface area (Å²) in [6.45, 7) is 8.85. The lowest BCUT2D eigenvalue weighted by molar-refractivity contribution is 0.0715. The number of aliphatic hydroxyl groups is 1. The van der Waals surface area contributed by atoms with E-state index >= 15 is 0 Å². The van der Waals surface area contributed by atoms with Gasteiger partial charge in [-0.2, -0.15) is 0 Å². The Morgan fingerprint density at radius 1 is 1.09 bits per heavy atom. The highest BCUT2D eigenvalue weighted by atomic mass is 16.3. The Kier molecular flexibility index (Phi) is 9.98. The number of oxazole rings is 1. The van der Waals surface area contributed by atoms with Crippen molar-refractivity contribution in [3.8, 4) is 0 Å². The van der Waals surface area contributed by atoms with Crippen LogP contribution in [-0.2, 0) is 6.42 Å². The molecule has 9 heteroatoms. The molecule has 2 amide bonds. The molecule has 3 heterocycles. The highest BCUT2D eigenvalue weighted by molar-refractivity contribution is 6.00. The van der Waals surface area contributed by atoms with Gasteiger partial charge in [-0.05, 0) is 80.0 Å². The summed E-state index contributed by atoms with van der Waals surface area (Å²) in [5.41, 5.74) is 5.39. The van der Waals surface area contributed by atoms with E-state index in [1.54, 1.807) is 35.6 Å². The number of nitrogens with zero attached hydrogens (tertiary/aromatic N) is 4. The zero-order chi connectivity index (χ0) is 32.1. The highest BCUT2D eigenvalue weighted by Gasteiger charge is 2.34. The van der Waals surface area contributed by atoms with Gasteiger partial charge in [0.2, 0.25) is 5.89 Å². The van der Waals surface area contributed by atoms with Crippen LogP contribution in [0.15, 0.2) is 77.7 Å². The number of anilines is 1. The lowest BCUT2D eigenvalue weighted by atomic mass is 9.99. The number of aliphatic hydroxyl groups excluding tert-OH is 1. The molecule has 0 saturated carbocycles. The average Bonchev–Trinajstić information content (AvgIpc) is 3.69. The van der Waals surface area contributed by atoms with Crippen molar-refractivity contribution >= 4 is 17.5 Å². The van der Waals surface area contributed by atoms with E-state index in [4.69, 9.17) is 4.42 Å². The Labute approximate surface area is 265 Å². The molecule has 5 rings (SSSR count). The fourth-order valence-electron chi connectivity index (χ4n) is 5.88. The predicted molar refractivity (Wildman–Crippen MR) is 174 cm³/mol. The van der Waals surface area contributed by atoms with E-state index in [9.17, 15) is 14.7 Å². The Morgan fingerprint density at radius 3 is 2.56 bits per heavy atom. The van der Waals surface area contributed by atoms with Crippen molar-refractivity contribution < 1.29 is 19.1 Å². The van der Waals surface area contributed by atoms with Crippen molar-refractivity contribution in [3.05, 3.63) is 113 Å². The molecular weight excluding hydrogens is 566 g/mol. The molecule has 0 spiro atoms. The number of likely N-dealkylation sites (tertiary alicyclic amines) is 1. The van der Waals surface area contributed by atoms with Crippen molar-refractivity contribution in [1.29, 1.82) is 0 Å². The number of hydrogen-bond donors (Lipinski definition) is 2. The second kappa shape index (κ2) is 14.1. The summed E-state index contributed by atoms with van der Waals surface area (Å²) < 4.78 is 5.64. The maximum atomic E-state index is 13.8. The molecule has 1 aliphatic heterocycles. The van der Waals surface area contributed by atoms with Gasteiger partial charge in [0.25, 0.3) is 11.8 Å². The molecule has 1 fully saturated rings. The first-order chi connectivity index (χ1) is 21.6. The van der Waals surface area contributed by atoms with Gasteiger partial charge in [0, 0.05) is 37.5 Å². The summed E-state index contributed by atoms with van der Waals surface area (Å²) in [7, 11) is 1.91. The van der Waals surface area contributed by atoms with Crippen LogP contribution in [0.2, 0.25) is 0 Å². The number of carbonyl (C=O) groups is 2. The Morgan fingerprint density at radius 2 is 1.84 bits per heavy atom. The van der Waals surface area contributed by atoms with Crippen LogP contribution in [0.25, 0.3) is 0 Å². The molecule has 1 saturated heterocycles. The third-order valence-electron chi connectivity index (χ3n) is 8.41. The molecule has 2 aromatic carbocycles. The Bertz CT molecular complexity index is 1620. The minimum atomic E-state index is -0.887. The van der Waals surface area contributed by atoms with Crippen molar-refractivity contribution in [3.63, 3.8) is 0 Å².